The third-order valence-corrected chi connectivity index (χ3v) is 3.27. The van der Waals surface area contributed by atoms with E-state index in [4.69, 9.17) is 8.92 Å². The van der Waals surface area contributed by atoms with E-state index in [-0.39, 0.29) is 12.0 Å². The highest BCUT2D eigenvalue weighted by molar-refractivity contribution is 7.93. The maximum absolute atomic E-state index is 11.8. The fourth-order valence-corrected chi connectivity index (χ4v) is 2.35. The molecule has 1 aromatic carbocycles. The molecule has 0 fully saturated rings. The van der Waals surface area contributed by atoms with Crippen LogP contribution < -0.4 is 10.1 Å². The lowest BCUT2D eigenvalue weighted by atomic mass is 10.0. The fourth-order valence-electron chi connectivity index (χ4n) is 2.07. The molecule has 1 N–H and O–H groups in total. The number of benzene rings is 1. The van der Waals surface area contributed by atoms with Crippen LogP contribution in [-0.4, -0.2) is 38.2 Å². The van der Waals surface area contributed by atoms with Crippen LogP contribution in [0.5, 0.6) is 5.75 Å². The molecular formula is C13H15NO4S. The number of carbonyl (C=O) groups excluding carboxylic acids is 2. The first-order valence-corrected chi connectivity index (χ1v) is 7.01. The summed E-state index contributed by atoms with van der Waals surface area (Å²) in [4.78, 5) is 22.7. The van der Waals surface area contributed by atoms with E-state index < -0.39 is 0 Å². The van der Waals surface area contributed by atoms with Gasteiger partial charge < -0.3 is 14.2 Å². The molecule has 1 aromatic rings. The average molecular weight is 281 g/mol. The molecule has 1 unspecified atom stereocenters. The minimum atomic E-state index is -0.258. The van der Waals surface area contributed by atoms with Crippen LogP contribution in [0, 0.1) is 0 Å². The molecule has 1 atom stereocenters. The van der Waals surface area contributed by atoms with Gasteiger partial charge in [0.05, 0.1) is 12.2 Å². The van der Waals surface area contributed by atoms with E-state index in [0.717, 1.165) is 11.8 Å². The van der Waals surface area contributed by atoms with Gasteiger partial charge in [0, 0.05) is 25.3 Å². The van der Waals surface area contributed by atoms with Gasteiger partial charge in [-0.15, -0.1) is 0 Å². The van der Waals surface area contributed by atoms with Crippen molar-refractivity contribution in [3.8, 4) is 5.75 Å². The van der Waals surface area contributed by atoms with E-state index in [1.54, 1.807) is 19.2 Å². The summed E-state index contributed by atoms with van der Waals surface area (Å²) in [6, 6.07) is 3.30. The number of nitrogens with one attached hydrogen (secondary N) is 1. The summed E-state index contributed by atoms with van der Waals surface area (Å²) in [5.41, 5.74) is 1.75. The number of carbonyl (C=O) groups is 2. The minimum absolute atomic E-state index is 0.118. The van der Waals surface area contributed by atoms with E-state index in [9.17, 15) is 9.59 Å². The third-order valence-electron chi connectivity index (χ3n) is 2.90. The van der Waals surface area contributed by atoms with Gasteiger partial charge in [-0.25, -0.2) is 0 Å². The molecule has 0 saturated heterocycles. The Labute approximate surface area is 115 Å². The van der Waals surface area contributed by atoms with Crippen molar-refractivity contribution < 1.29 is 18.5 Å². The zero-order valence-electron chi connectivity index (χ0n) is 10.8. The summed E-state index contributed by atoms with van der Waals surface area (Å²) < 4.78 is 11.0. The van der Waals surface area contributed by atoms with Gasteiger partial charge in [0.2, 0.25) is 0 Å². The predicted octanol–water partition coefficient (Wildman–Crippen LogP) is 1.46. The van der Waals surface area contributed by atoms with Crippen molar-refractivity contribution in [2.75, 3.05) is 19.9 Å². The Hall–Kier alpha value is -1.53. The number of amides is 1. The molecular weight excluding hydrogens is 266 g/mol. The number of rotatable bonds is 5. The molecule has 0 spiro atoms. The topological polar surface area (TPSA) is 64.6 Å². The molecule has 0 saturated carbocycles. The van der Waals surface area contributed by atoms with Crippen LogP contribution >= 0.6 is 12.0 Å². The molecule has 1 heterocycles. The number of ether oxygens (including phenoxy) is 1. The molecule has 19 heavy (non-hydrogen) atoms. The second-order valence-corrected chi connectivity index (χ2v) is 4.72. The lowest BCUT2D eigenvalue weighted by Crippen LogP contribution is -2.21. The Morgan fingerprint density at radius 2 is 2.42 bits per heavy atom. The summed E-state index contributed by atoms with van der Waals surface area (Å²) in [5, 5.41) is 2.55. The largest absolute Gasteiger partial charge is 0.486 e. The van der Waals surface area contributed by atoms with E-state index >= 15 is 0 Å². The van der Waals surface area contributed by atoms with Crippen molar-refractivity contribution in [3.63, 3.8) is 0 Å². The number of fused-ring (bicyclic) bond motifs is 1. The highest BCUT2D eigenvalue weighted by atomic mass is 32.2. The van der Waals surface area contributed by atoms with Crippen molar-refractivity contribution in [2.24, 2.45) is 0 Å². The monoisotopic (exact) mass is 281 g/mol. The van der Waals surface area contributed by atoms with Gasteiger partial charge in [0.25, 0.3) is 5.91 Å². The number of aldehydes is 1. The number of hydrogen-bond acceptors (Lipinski definition) is 5. The summed E-state index contributed by atoms with van der Waals surface area (Å²) in [5.74, 6) is 0.297. The smallest absolute Gasteiger partial charge is 0.254 e. The van der Waals surface area contributed by atoms with Gasteiger partial charge in [-0.2, -0.15) is 0 Å². The van der Waals surface area contributed by atoms with Crippen LogP contribution in [0.1, 0.15) is 26.3 Å². The quantitative estimate of drug-likeness (QED) is 0.654. The van der Waals surface area contributed by atoms with E-state index in [1.807, 2.05) is 6.26 Å². The third kappa shape index (κ3) is 2.90. The van der Waals surface area contributed by atoms with Crippen molar-refractivity contribution in [1.29, 1.82) is 0 Å². The number of hydrogen-bond donors (Lipinski definition) is 1. The van der Waals surface area contributed by atoms with Crippen molar-refractivity contribution >= 4 is 24.2 Å². The van der Waals surface area contributed by atoms with Gasteiger partial charge in [0.15, 0.2) is 0 Å². The molecule has 6 heteroatoms. The maximum atomic E-state index is 11.8. The molecule has 5 nitrogen and oxygen atoms in total. The fraction of sp³-hybridized carbons (Fsp3) is 0.385. The van der Waals surface area contributed by atoms with Crippen LogP contribution in [0.4, 0.5) is 0 Å². The normalized spacial score (nSPS) is 16.6. The zero-order chi connectivity index (χ0) is 13.8. The van der Waals surface area contributed by atoms with Crippen LogP contribution in [0.3, 0.4) is 0 Å². The second kappa shape index (κ2) is 6.08. The van der Waals surface area contributed by atoms with Crippen LogP contribution in [-0.2, 0) is 10.6 Å². The van der Waals surface area contributed by atoms with E-state index in [1.165, 1.54) is 12.0 Å². The van der Waals surface area contributed by atoms with Crippen LogP contribution in [0.2, 0.25) is 0 Å². The molecule has 102 valence electrons. The molecule has 0 aromatic heterocycles. The summed E-state index contributed by atoms with van der Waals surface area (Å²) in [6.07, 6.45) is 3.09. The molecule has 1 aliphatic rings. The average Bonchev–Trinajstić information content (AvgIpc) is 2.85. The Morgan fingerprint density at radius 1 is 1.63 bits per heavy atom. The summed E-state index contributed by atoms with van der Waals surface area (Å²) in [6.45, 7) is 0.444. The first-order valence-electron chi connectivity index (χ1n) is 5.86. The summed E-state index contributed by atoms with van der Waals surface area (Å²) >= 11 is 1.27. The van der Waals surface area contributed by atoms with Crippen molar-refractivity contribution in [2.45, 2.75) is 12.5 Å². The Balaban J connectivity index is 2.31. The highest BCUT2D eigenvalue weighted by Gasteiger charge is 2.28. The molecule has 0 radical (unpaired) electrons. The Bertz CT molecular complexity index is 504. The van der Waals surface area contributed by atoms with Gasteiger partial charge in [-0.05, 0) is 29.7 Å². The lowest BCUT2D eigenvalue weighted by molar-refractivity contribution is 0.0955. The Kier molecular flexibility index (Phi) is 4.44. The molecule has 0 aliphatic carbocycles. The zero-order valence-corrected chi connectivity index (χ0v) is 11.6. The highest BCUT2D eigenvalue weighted by Crippen LogP contribution is 2.34. The van der Waals surface area contributed by atoms with Gasteiger partial charge in [-0.3, -0.25) is 9.59 Å². The van der Waals surface area contributed by atoms with Crippen molar-refractivity contribution in [1.82, 2.24) is 5.32 Å². The second-order valence-electron chi connectivity index (χ2n) is 4.15. The molecule has 1 aliphatic heterocycles. The van der Waals surface area contributed by atoms with Gasteiger partial charge >= 0.3 is 0 Å². The van der Waals surface area contributed by atoms with Crippen LogP contribution in [0.15, 0.2) is 12.1 Å². The van der Waals surface area contributed by atoms with E-state index in [2.05, 4.69) is 5.32 Å². The minimum Gasteiger partial charge on any atom is -0.486 e. The standard InChI is InChI=1S/C13H15NO4S/c1-14-13(16)11-4-8(6-15)3-9-5-10(7-17-19-2)18-12(9)11/h3-4,6,10H,5,7H2,1-2H3,(H,14,16). The Morgan fingerprint density at radius 3 is 3.05 bits per heavy atom. The SMILES string of the molecule is CNC(=O)c1cc(C=O)cc2c1OC(COSC)C2. The van der Waals surface area contributed by atoms with Gasteiger partial charge in [-0.1, -0.05) is 0 Å². The lowest BCUT2D eigenvalue weighted by Gasteiger charge is -2.11. The van der Waals surface area contributed by atoms with Crippen molar-refractivity contribution in [3.05, 3.63) is 28.8 Å². The molecule has 1 amide bonds. The van der Waals surface area contributed by atoms with Gasteiger partial charge in [0.1, 0.15) is 18.1 Å². The predicted molar refractivity (Wildman–Crippen MR) is 72.8 cm³/mol. The molecule has 2 rings (SSSR count). The van der Waals surface area contributed by atoms with Crippen LogP contribution in [0.25, 0.3) is 0 Å². The maximum Gasteiger partial charge on any atom is 0.254 e. The van der Waals surface area contributed by atoms with E-state index in [0.29, 0.717) is 29.9 Å². The molecule has 0 bridgehead atoms. The first-order chi connectivity index (χ1) is 9.19. The first kappa shape index (κ1) is 13.9. The summed E-state index contributed by atoms with van der Waals surface area (Å²) in [7, 11) is 1.55.